The Morgan fingerprint density at radius 1 is 1.00 bits per heavy atom. The van der Waals surface area contributed by atoms with Crippen LogP contribution in [0.2, 0.25) is 10.0 Å². The van der Waals surface area contributed by atoms with E-state index in [1.54, 1.807) is 12.1 Å². The maximum atomic E-state index is 12.3. The number of benzene rings is 2. The van der Waals surface area contributed by atoms with Crippen molar-refractivity contribution < 1.29 is 8.42 Å². The number of nitrogens with one attached hydrogen (secondary N) is 1. The Morgan fingerprint density at radius 2 is 1.77 bits per heavy atom. The van der Waals surface area contributed by atoms with Gasteiger partial charge in [0, 0.05) is 5.75 Å². The summed E-state index contributed by atoms with van der Waals surface area (Å²) in [5.41, 5.74) is 1.70. The van der Waals surface area contributed by atoms with Crippen LogP contribution < -0.4 is 4.72 Å². The second-order valence-electron chi connectivity index (χ2n) is 5.26. The lowest BCUT2D eigenvalue weighted by Crippen LogP contribution is -2.14. The van der Waals surface area contributed by atoms with E-state index in [0.29, 0.717) is 19.9 Å². The molecular formula is C16H13Cl2N3O2S3. The first-order valence-corrected chi connectivity index (χ1v) is 11.6. The van der Waals surface area contributed by atoms with E-state index >= 15 is 0 Å². The van der Waals surface area contributed by atoms with Gasteiger partial charge in [-0.15, -0.1) is 10.2 Å². The van der Waals surface area contributed by atoms with Gasteiger partial charge in [-0.1, -0.05) is 82.7 Å². The smallest absolute Gasteiger partial charge is 0.238 e. The van der Waals surface area contributed by atoms with Gasteiger partial charge in [0.25, 0.3) is 0 Å². The van der Waals surface area contributed by atoms with E-state index < -0.39 is 10.0 Å². The van der Waals surface area contributed by atoms with Crippen LogP contribution in [-0.4, -0.2) is 18.6 Å². The number of sulfonamides is 1. The van der Waals surface area contributed by atoms with Crippen molar-refractivity contribution in [1.82, 2.24) is 10.2 Å². The van der Waals surface area contributed by atoms with Gasteiger partial charge in [-0.2, -0.15) is 0 Å². The van der Waals surface area contributed by atoms with Gasteiger partial charge in [0.15, 0.2) is 4.34 Å². The predicted molar refractivity (Wildman–Crippen MR) is 109 cm³/mol. The molecule has 3 aromatic rings. The van der Waals surface area contributed by atoms with Crippen molar-refractivity contribution in [3.05, 3.63) is 69.7 Å². The Kier molecular flexibility index (Phi) is 6.42. The first kappa shape index (κ1) is 19.4. The maximum Gasteiger partial charge on any atom is 0.238 e. The fourth-order valence-electron chi connectivity index (χ4n) is 2.05. The molecule has 0 saturated carbocycles. The summed E-state index contributed by atoms with van der Waals surface area (Å²) in [6.07, 6.45) is 0. The van der Waals surface area contributed by atoms with Crippen molar-refractivity contribution in [3.8, 4) is 0 Å². The van der Waals surface area contributed by atoms with Gasteiger partial charge in [-0.05, 0) is 23.3 Å². The summed E-state index contributed by atoms with van der Waals surface area (Å²) in [5, 5.41) is 8.84. The molecule has 10 heteroatoms. The minimum atomic E-state index is -3.62. The van der Waals surface area contributed by atoms with Crippen LogP contribution in [0.5, 0.6) is 0 Å². The van der Waals surface area contributed by atoms with Gasteiger partial charge < -0.3 is 0 Å². The second kappa shape index (κ2) is 8.58. The molecule has 26 heavy (non-hydrogen) atoms. The predicted octanol–water partition coefficient (Wildman–Crippen LogP) is 5.08. The fraction of sp³-hybridized carbons (Fsp3) is 0.125. The maximum absolute atomic E-state index is 12.3. The van der Waals surface area contributed by atoms with Crippen molar-refractivity contribution in [2.45, 2.75) is 15.8 Å². The van der Waals surface area contributed by atoms with Crippen LogP contribution in [-0.2, 0) is 21.5 Å². The first-order chi connectivity index (χ1) is 12.4. The molecule has 0 aliphatic rings. The van der Waals surface area contributed by atoms with Crippen LogP contribution in [0, 0.1) is 0 Å². The third-order valence-electron chi connectivity index (χ3n) is 3.20. The number of anilines is 1. The van der Waals surface area contributed by atoms with Gasteiger partial charge in [0.2, 0.25) is 15.2 Å². The molecule has 2 aromatic carbocycles. The lowest BCUT2D eigenvalue weighted by Gasteiger charge is -2.05. The summed E-state index contributed by atoms with van der Waals surface area (Å²) in [7, 11) is -3.62. The SMILES string of the molecule is O=S(=O)(Cc1ccc(Cl)c(Cl)c1)Nc1nnc(SCc2ccccc2)s1. The monoisotopic (exact) mass is 445 g/mol. The molecule has 5 nitrogen and oxygen atoms in total. The zero-order valence-corrected chi connectivity index (χ0v) is 17.2. The van der Waals surface area contributed by atoms with E-state index in [1.807, 2.05) is 30.3 Å². The summed E-state index contributed by atoms with van der Waals surface area (Å²) in [5.74, 6) is 0.515. The minimum Gasteiger partial charge on any atom is -0.257 e. The first-order valence-electron chi connectivity index (χ1n) is 7.36. The normalized spacial score (nSPS) is 11.5. The molecule has 136 valence electrons. The van der Waals surface area contributed by atoms with E-state index in [1.165, 1.54) is 29.2 Å². The van der Waals surface area contributed by atoms with E-state index in [2.05, 4.69) is 14.9 Å². The topological polar surface area (TPSA) is 72.0 Å². The Morgan fingerprint density at radius 3 is 2.50 bits per heavy atom. The molecule has 0 saturated heterocycles. The highest BCUT2D eigenvalue weighted by atomic mass is 35.5. The molecule has 3 rings (SSSR count). The molecule has 1 heterocycles. The van der Waals surface area contributed by atoms with E-state index in [4.69, 9.17) is 23.2 Å². The molecule has 0 atom stereocenters. The van der Waals surface area contributed by atoms with Crippen molar-refractivity contribution in [2.75, 3.05) is 4.72 Å². The quantitative estimate of drug-likeness (QED) is 0.513. The molecule has 0 spiro atoms. The summed E-state index contributed by atoms with van der Waals surface area (Å²) >= 11 is 14.5. The van der Waals surface area contributed by atoms with E-state index in [-0.39, 0.29) is 10.9 Å². The van der Waals surface area contributed by atoms with Gasteiger partial charge in [-0.25, -0.2) is 8.42 Å². The lowest BCUT2D eigenvalue weighted by atomic mass is 10.2. The number of thioether (sulfide) groups is 1. The molecule has 0 bridgehead atoms. The Bertz CT molecular complexity index is 995. The number of rotatable bonds is 7. The molecular weight excluding hydrogens is 433 g/mol. The van der Waals surface area contributed by atoms with Crippen LogP contribution in [0.3, 0.4) is 0 Å². The van der Waals surface area contributed by atoms with Gasteiger partial charge in [0.05, 0.1) is 15.8 Å². The summed E-state index contributed by atoms with van der Waals surface area (Å²) < 4.78 is 27.7. The molecule has 0 radical (unpaired) electrons. The van der Waals surface area contributed by atoms with Crippen molar-refractivity contribution >= 4 is 61.5 Å². The van der Waals surface area contributed by atoms with Crippen LogP contribution in [0.25, 0.3) is 0 Å². The van der Waals surface area contributed by atoms with E-state index in [9.17, 15) is 8.42 Å². The highest BCUT2D eigenvalue weighted by Crippen LogP contribution is 2.29. The highest BCUT2D eigenvalue weighted by molar-refractivity contribution is 8.00. The number of nitrogens with zero attached hydrogens (tertiary/aromatic N) is 2. The van der Waals surface area contributed by atoms with Crippen molar-refractivity contribution in [3.63, 3.8) is 0 Å². The van der Waals surface area contributed by atoms with Crippen molar-refractivity contribution in [2.24, 2.45) is 0 Å². The number of hydrogen-bond acceptors (Lipinski definition) is 6. The van der Waals surface area contributed by atoms with Crippen LogP contribution in [0.15, 0.2) is 52.9 Å². The van der Waals surface area contributed by atoms with Gasteiger partial charge >= 0.3 is 0 Å². The fourth-order valence-corrected chi connectivity index (χ4v) is 5.47. The standard InChI is InChI=1S/C16H13Cl2N3O2S3/c17-13-7-6-12(8-14(13)18)10-26(22,23)21-15-19-20-16(25-15)24-9-11-4-2-1-3-5-11/h1-8H,9-10H2,(H,19,21). The van der Waals surface area contributed by atoms with Gasteiger partial charge in [0.1, 0.15) is 0 Å². The van der Waals surface area contributed by atoms with Crippen LogP contribution in [0.4, 0.5) is 5.13 Å². The highest BCUT2D eigenvalue weighted by Gasteiger charge is 2.16. The van der Waals surface area contributed by atoms with Crippen molar-refractivity contribution in [1.29, 1.82) is 0 Å². The third-order valence-corrected chi connectivity index (χ3v) is 7.32. The molecule has 0 amide bonds. The molecule has 0 aliphatic carbocycles. The summed E-state index contributed by atoms with van der Waals surface area (Å²) in [4.78, 5) is 0. The largest absolute Gasteiger partial charge is 0.257 e. The van der Waals surface area contributed by atoms with E-state index in [0.717, 1.165) is 11.3 Å². The minimum absolute atomic E-state index is 0.226. The lowest BCUT2D eigenvalue weighted by molar-refractivity contribution is 0.600. The Labute approximate surface area is 169 Å². The average Bonchev–Trinajstić information content (AvgIpc) is 3.03. The number of halogens is 2. The Balaban J connectivity index is 1.61. The number of hydrogen-bond donors (Lipinski definition) is 1. The average molecular weight is 446 g/mol. The molecule has 0 aliphatic heterocycles. The Hall–Kier alpha value is -1.32. The number of aromatic nitrogens is 2. The third kappa shape index (κ3) is 5.59. The molecule has 0 fully saturated rings. The summed E-state index contributed by atoms with van der Waals surface area (Å²) in [6, 6.07) is 14.7. The molecule has 1 aromatic heterocycles. The zero-order chi connectivity index (χ0) is 18.6. The molecule has 1 N–H and O–H groups in total. The zero-order valence-electron chi connectivity index (χ0n) is 13.2. The molecule has 0 unspecified atom stereocenters. The second-order valence-corrected chi connectivity index (χ2v) is 9.99. The van der Waals surface area contributed by atoms with Crippen LogP contribution >= 0.6 is 46.3 Å². The van der Waals surface area contributed by atoms with Crippen LogP contribution in [0.1, 0.15) is 11.1 Å². The van der Waals surface area contributed by atoms with Gasteiger partial charge in [-0.3, -0.25) is 4.72 Å². The summed E-state index contributed by atoms with van der Waals surface area (Å²) in [6.45, 7) is 0.